The highest BCUT2D eigenvalue weighted by Gasteiger charge is 2.12. The first-order valence-electron chi connectivity index (χ1n) is 10.1. The summed E-state index contributed by atoms with van der Waals surface area (Å²) in [7, 11) is 0. The third-order valence-electron chi connectivity index (χ3n) is 4.58. The van der Waals surface area contributed by atoms with Crippen LogP contribution in [0.2, 0.25) is 0 Å². The van der Waals surface area contributed by atoms with Crippen molar-refractivity contribution >= 4 is 11.6 Å². The van der Waals surface area contributed by atoms with Crippen molar-refractivity contribution in [2.75, 3.05) is 11.9 Å². The van der Waals surface area contributed by atoms with Crippen molar-refractivity contribution < 1.29 is 14.1 Å². The van der Waals surface area contributed by atoms with Gasteiger partial charge >= 0.3 is 0 Å². The van der Waals surface area contributed by atoms with Gasteiger partial charge < -0.3 is 14.6 Å². The molecule has 0 fully saturated rings. The third-order valence-corrected chi connectivity index (χ3v) is 4.58. The van der Waals surface area contributed by atoms with Crippen molar-refractivity contribution in [2.45, 2.75) is 19.8 Å². The number of hydrogen-bond acceptors (Lipinski definition) is 7. The van der Waals surface area contributed by atoms with E-state index in [9.17, 15) is 9.59 Å². The second-order valence-corrected chi connectivity index (χ2v) is 6.90. The molecule has 0 aliphatic rings. The summed E-state index contributed by atoms with van der Waals surface area (Å²) in [4.78, 5) is 27.9. The maximum atomic E-state index is 12.4. The first-order valence-corrected chi connectivity index (χ1v) is 10.1. The molecule has 0 aliphatic carbocycles. The number of hydrogen-bond donors (Lipinski definition) is 2. The van der Waals surface area contributed by atoms with Crippen molar-refractivity contribution in [2.24, 2.45) is 0 Å². The van der Waals surface area contributed by atoms with Crippen LogP contribution in [0.5, 0.6) is 5.75 Å². The second kappa shape index (κ2) is 9.69. The van der Waals surface area contributed by atoms with Gasteiger partial charge in [0, 0.05) is 35.7 Å². The lowest BCUT2D eigenvalue weighted by molar-refractivity contribution is -0.116. The lowest BCUT2D eigenvalue weighted by Crippen LogP contribution is -2.12. The van der Waals surface area contributed by atoms with Crippen LogP contribution in [0.15, 0.2) is 70.0 Å². The summed E-state index contributed by atoms with van der Waals surface area (Å²) in [5.74, 6) is 1.44. The average molecular weight is 431 g/mol. The van der Waals surface area contributed by atoms with Crippen LogP contribution in [0, 0.1) is 0 Å². The van der Waals surface area contributed by atoms with E-state index in [2.05, 4.69) is 25.7 Å². The van der Waals surface area contributed by atoms with Gasteiger partial charge in [-0.3, -0.25) is 9.59 Å². The molecule has 0 saturated heterocycles. The number of rotatable bonds is 8. The average Bonchev–Trinajstić information content (AvgIpc) is 3.28. The SMILES string of the molecule is CCOc1ccc(-c2noc(CCC(=O)Nc3cccc(-c4ccc(=O)[nH]n4)c3)n2)cc1. The number of carbonyl (C=O) groups is 1. The molecule has 1 amide bonds. The highest BCUT2D eigenvalue weighted by atomic mass is 16.5. The number of H-pyrrole nitrogens is 1. The zero-order chi connectivity index (χ0) is 22.3. The van der Waals surface area contributed by atoms with Crippen LogP contribution in [-0.2, 0) is 11.2 Å². The predicted octanol–water partition coefficient (Wildman–Crippen LogP) is 3.46. The Bertz CT molecular complexity index is 1240. The molecule has 9 nitrogen and oxygen atoms in total. The summed E-state index contributed by atoms with van der Waals surface area (Å²) in [6.07, 6.45) is 0.503. The van der Waals surface area contributed by atoms with Gasteiger partial charge in [0.2, 0.25) is 17.6 Å². The first kappa shape index (κ1) is 21.0. The van der Waals surface area contributed by atoms with E-state index < -0.39 is 0 Å². The van der Waals surface area contributed by atoms with E-state index in [0.29, 0.717) is 36.1 Å². The number of aryl methyl sites for hydroxylation is 1. The van der Waals surface area contributed by atoms with Crippen molar-refractivity contribution in [3.05, 3.63) is 76.9 Å². The van der Waals surface area contributed by atoms with Crippen molar-refractivity contribution in [1.82, 2.24) is 20.3 Å². The molecule has 2 aromatic heterocycles. The molecule has 0 bridgehead atoms. The van der Waals surface area contributed by atoms with E-state index in [1.54, 1.807) is 24.3 Å². The van der Waals surface area contributed by atoms with Gasteiger partial charge in [0.15, 0.2) is 0 Å². The lowest BCUT2D eigenvalue weighted by Gasteiger charge is -2.06. The molecule has 9 heteroatoms. The van der Waals surface area contributed by atoms with Gasteiger partial charge in [-0.15, -0.1) is 0 Å². The molecular weight excluding hydrogens is 410 g/mol. The van der Waals surface area contributed by atoms with Crippen molar-refractivity contribution in [1.29, 1.82) is 0 Å². The highest BCUT2D eigenvalue weighted by Crippen LogP contribution is 2.21. The normalized spacial score (nSPS) is 10.7. The fourth-order valence-corrected chi connectivity index (χ4v) is 3.05. The number of nitrogens with zero attached hydrogens (tertiary/aromatic N) is 3. The van der Waals surface area contributed by atoms with E-state index in [-0.39, 0.29) is 17.9 Å². The highest BCUT2D eigenvalue weighted by molar-refractivity contribution is 5.91. The Hall–Kier alpha value is -4.27. The topological polar surface area (TPSA) is 123 Å². The van der Waals surface area contributed by atoms with Crippen LogP contribution < -0.4 is 15.6 Å². The smallest absolute Gasteiger partial charge is 0.264 e. The number of aromatic amines is 1. The van der Waals surface area contributed by atoms with Gasteiger partial charge in [-0.05, 0) is 49.4 Å². The molecular formula is C23H21N5O4. The first-order chi connectivity index (χ1) is 15.6. The standard InChI is InChI=1S/C23H21N5O4/c1-2-31-18-8-6-15(7-9-18)23-25-22(32-28-23)13-12-20(29)24-17-5-3-4-16(14-17)19-10-11-21(30)27-26-19/h3-11,14H,2,12-13H2,1H3,(H,24,29)(H,27,30). The number of aromatic nitrogens is 4. The van der Waals surface area contributed by atoms with E-state index in [0.717, 1.165) is 16.9 Å². The van der Waals surface area contributed by atoms with Crippen LogP contribution in [-0.4, -0.2) is 32.9 Å². The molecule has 162 valence electrons. The Kier molecular flexibility index (Phi) is 6.35. The van der Waals surface area contributed by atoms with E-state index >= 15 is 0 Å². The fraction of sp³-hybridized carbons (Fsp3) is 0.174. The van der Waals surface area contributed by atoms with Gasteiger partial charge in [-0.2, -0.15) is 10.1 Å². The van der Waals surface area contributed by atoms with Gasteiger partial charge in [-0.1, -0.05) is 17.3 Å². The summed E-state index contributed by atoms with van der Waals surface area (Å²) in [5.41, 5.74) is 2.54. The molecule has 4 rings (SSSR count). The number of ether oxygens (including phenoxy) is 1. The number of anilines is 1. The molecule has 0 saturated carbocycles. The van der Waals surface area contributed by atoms with Crippen molar-refractivity contribution in [3.8, 4) is 28.4 Å². The minimum atomic E-state index is -0.273. The number of nitrogens with one attached hydrogen (secondary N) is 2. The number of carbonyl (C=O) groups excluding carboxylic acids is 1. The molecule has 2 N–H and O–H groups in total. The van der Waals surface area contributed by atoms with Crippen LogP contribution in [0.1, 0.15) is 19.2 Å². The molecule has 0 unspecified atom stereocenters. The van der Waals surface area contributed by atoms with Gasteiger partial charge in [-0.25, -0.2) is 5.10 Å². The molecule has 4 aromatic rings. The Morgan fingerprint density at radius 3 is 2.69 bits per heavy atom. The van der Waals surface area contributed by atoms with Gasteiger partial charge in [0.05, 0.1) is 12.3 Å². The second-order valence-electron chi connectivity index (χ2n) is 6.90. The quantitative estimate of drug-likeness (QED) is 0.438. The van der Waals surface area contributed by atoms with Crippen molar-refractivity contribution in [3.63, 3.8) is 0 Å². The number of amides is 1. The van der Waals surface area contributed by atoms with Gasteiger partial charge in [0.25, 0.3) is 5.56 Å². The molecule has 0 aliphatic heterocycles. The summed E-state index contributed by atoms with van der Waals surface area (Å²) >= 11 is 0. The van der Waals surface area contributed by atoms with E-state index in [4.69, 9.17) is 9.26 Å². The predicted molar refractivity (Wildman–Crippen MR) is 118 cm³/mol. The Morgan fingerprint density at radius 2 is 1.94 bits per heavy atom. The Morgan fingerprint density at radius 1 is 1.09 bits per heavy atom. The maximum absolute atomic E-state index is 12.4. The van der Waals surface area contributed by atoms with E-state index in [1.807, 2.05) is 37.3 Å². The summed E-state index contributed by atoms with van der Waals surface area (Å²) < 4.78 is 10.7. The Balaban J connectivity index is 1.34. The molecule has 2 aromatic carbocycles. The molecule has 2 heterocycles. The summed E-state index contributed by atoms with van der Waals surface area (Å²) in [5, 5.41) is 13.2. The Labute approximate surface area is 183 Å². The van der Waals surface area contributed by atoms with E-state index in [1.165, 1.54) is 6.07 Å². The zero-order valence-corrected chi connectivity index (χ0v) is 17.4. The molecule has 0 radical (unpaired) electrons. The minimum Gasteiger partial charge on any atom is -0.494 e. The minimum absolute atomic E-state index is 0.183. The fourth-order valence-electron chi connectivity index (χ4n) is 3.05. The monoisotopic (exact) mass is 431 g/mol. The lowest BCUT2D eigenvalue weighted by atomic mass is 10.1. The maximum Gasteiger partial charge on any atom is 0.264 e. The molecule has 0 spiro atoms. The van der Waals surface area contributed by atoms with Gasteiger partial charge in [0.1, 0.15) is 5.75 Å². The molecule has 32 heavy (non-hydrogen) atoms. The third kappa shape index (κ3) is 5.25. The summed E-state index contributed by atoms with van der Waals surface area (Å²) in [6.45, 7) is 2.53. The largest absolute Gasteiger partial charge is 0.494 e. The molecule has 0 atom stereocenters. The zero-order valence-electron chi connectivity index (χ0n) is 17.4. The van der Waals surface area contributed by atoms with Crippen LogP contribution >= 0.6 is 0 Å². The summed E-state index contributed by atoms with van der Waals surface area (Å²) in [6, 6.07) is 17.6. The van der Waals surface area contributed by atoms with Crippen LogP contribution in [0.4, 0.5) is 5.69 Å². The van der Waals surface area contributed by atoms with Crippen LogP contribution in [0.25, 0.3) is 22.6 Å². The number of benzene rings is 2. The van der Waals surface area contributed by atoms with Crippen LogP contribution in [0.3, 0.4) is 0 Å².